The number of ether oxygens (including phenoxy) is 2. The number of aromatic hydroxyl groups is 1. The molecular weight excluding hydrogens is 1080 g/mol. The van der Waals surface area contributed by atoms with Crippen molar-refractivity contribution in [3.63, 3.8) is 0 Å². The number of anilines is 1. The molecule has 8 aromatic rings. The molecule has 8 aromatic carbocycles. The van der Waals surface area contributed by atoms with E-state index < -0.39 is 53.3 Å². The molecule has 0 heterocycles. The number of nitrogens with one attached hydrogen (secondary N) is 1. The summed E-state index contributed by atoms with van der Waals surface area (Å²) in [5, 5.41) is 59.1. The van der Waals surface area contributed by atoms with Crippen molar-refractivity contribution < 1.29 is 55.5 Å². The Morgan fingerprint density at radius 1 is 0.613 bits per heavy atom. The molecule has 0 aliphatic rings. The monoisotopic (exact) mass is 1120 g/mol. The van der Waals surface area contributed by atoms with E-state index in [0.29, 0.717) is 62.7 Å². The quantitative estimate of drug-likeness (QED) is 0.0260. The first kappa shape index (κ1) is 57.6. The molecule has 0 atom stereocenters. The Morgan fingerprint density at radius 3 is 1.59 bits per heavy atom. The van der Waals surface area contributed by atoms with Gasteiger partial charge in [-0.05, 0) is 107 Å². The fourth-order valence-corrected chi connectivity index (χ4v) is 9.45. The molecule has 8 rings (SSSR count). The number of aliphatic imine (C=N–C) groups is 1. The fourth-order valence-electron chi connectivity index (χ4n) is 7.57. The van der Waals surface area contributed by atoms with Gasteiger partial charge in [0.05, 0.1) is 52.3 Å². The predicted octanol–water partition coefficient (Wildman–Crippen LogP) is 11.5. The van der Waals surface area contributed by atoms with E-state index in [4.69, 9.17) is 32.7 Å². The van der Waals surface area contributed by atoms with Gasteiger partial charge in [-0.2, -0.15) is 32.2 Å². The second-order valence-electron chi connectivity index (χ2n) is 15.8. The molecule has 1 amide bonds. The van der Waals surface area contributed by atoms with Gasteiger partial charge in [-0.3, -0.25) is 18.9 Å². The Balaban J connectivity index is 0.000000241. The first-order valence-corrected chi connectivity index (χ1v) is 25.7. The molecule has 0 fully saturated rings. The van der Waals surface area contributed by atoms with Crippen molar-refractivity contribution in [3.05, 3.63) is 166 Å². The molecule has 18 nitrogen and oxygen atoms in total. The third-order valence-electron chi connectivity index (χ3n) is 11.2. The summed E-state index contributed by atoms with van der Waals surface area (Å²) < 4.78 is 76.2. The number of nitrogens with zero attached hydrogens (tertiary/aromatic N) is 5. The number of halogens is 2. The second kappa shape index (κ2) is 24.7. The second-order valence-corrected chi connectivity index (χ2v) is 19.4. The van der Waals surface area contributed by atoms with Gasteiger partial charge >= 0.3 is 37.7 Å². The van der Waals surface area contributed by atoms with Crippen LogP contribution in [0.15, 0.2) is 169 Å². The summed E-state index contributed by atoms with van der Waals surface area (Å²) in [6.45, 7) is 3.57. The van der Waals surface area contributed by atoms with Crippen molar-refractivity contribution in [2.45, 2.75) is 36.5 Å². The number of fused-ring (bicyclic) bond motifs is 2. The molecule has 0 aliphatic carbocycles. The maximum atomic E-state index is 13.4. The fraction of sp³-hybridized carbons (Fsp3) is 0.115. The maximum absolute atomic E-state index is 13.4. The van der Waals surface area contributed by atoms with Crippen molar-refractivity contribution >= 4 is 149 Å². The van der Waals surface area contributed by atoms with Crippen LogP contribution >= 0.6 is 23.2 Å². The van der Waals surface area contributed by atoms with E-state index in [2.05, 4.69) is 30.8 Å². The number of hydrogen-bond acceptors (Lipinski definition) is 15. The van der Waals surface area contributed by atoms with Gasteiger partial charge in [0, 0.05) is 20.8 Å². The number of phenolic OH excluding ortho intramolecular Hbond substituents is 1. The summed E-state index contributed by atoms with van der Waals surface area (Å²) in [7, 11) is -6.20. The third kappa shape index (κ3) is 13.2. The first-order valence-electron chi connectivity index (χ1n) is 22.0. The number of carbonyl (C=O) groups is 1. The van der Waals surface area contributed by atoms with Gasteiger partial charge < -0.3 is 30.1 Å². The van der Waals surface area contributed by atoms with Gasteiger partial charge in [0.25, 0.3) is 26.1 Å². The molecule has 0 unspecified atom stereocenters. The van der Waals surface area contributed by atoms with Crippen LogP contribution in [0.4, 0.5) is 34.1 Å². The minimum absolute atomic E-state index is 0. The van der Waals surface area contributed by atoms with Gasteiger partial charge in [0.15, 0.2) is 5.75 Å². The Bertz CT molecular complexity index is 3830. The number of para-hydroxylation sites is 4. The molecular formula is C52H42CaCl2N6O12S2. The van der Waals surface area contributed by atoms with E-state index in [1.807, 2.05) is 0 Å². The number of rotatable bonds is 14. The molecule has 0 aromatic heterocycles. The number of phenols is 1. The van der Waals surface area contributed by atoms with Gasteiger partial charge in [0.2, 0.25) is 0 Å². The average molecular weight is 1120 g/mol. The van der Waals surface area contributed by atoms with E-state index in [0.717, 1.165) is 24.3 Å². The molecule has 0 radical (unpaired) electrons. The van der Waals surface area contributed by atoms with Gasteiger partial charge in [-0.1, -0.05) is 116 Å². The number of hydrogen-bond donors (Lipinski definition) is 4. The molecule has 4 N–H and O–H groups in total. The van der Waals surface area contributed by atoms with Crippen molar-refractivity contribution in [2.24, 2.45) is 25.4 Å². The van der Waals surface area contributed by atoms with Crippen LogP contribution < -0.4 is 25.0 Å². The van der Waals surface area contributed by atoms with E-state index in [1.165, 1.54) is 26.4 Å². The smallest absolute Gasteiger partial charge is 0.871 e. The van der Waals surface area contributed by atoms with Gasteiger partial charge in [-0.15, -0.1) is 5.11 Å². The van der Waals surface area contributed by atoms with E-state index in [1.54, 1.807) is 111 Å². The SMILES string of the molecule is CCc1c(Cl)cc(S(=O)(=O)O)cc1N=Nc1c(O)c(C(=O)Nc2ccccc2OC)cc2ccccc12.CCc1c(Cl)cc(S(=O)(=O)O)cc1N=Nc1c([O-])c(C([O-])=Nc2ccccc2OC)cc2ccccc12.[Ca+2]. The minimum atomic E-state index is -4.57. The number of amides is 1. The van der Waals surface area contributed by atoms with Crippen molar-refractivity contribution in [1.29, 1.82) is 0 Å². The van der Waals surface area contributed by atoms with Crippen molar-refractivity contribution in [1.82, 2.24) is 0 Å². The number of methoxy groups -OCH3 is 2. The molecule has 75 heavy (non-hydrogen) atoms. The minimum Gasteiger partial charge on any atom is -0.871 e. The van der Waals surface area contributed by atoms with E-state index >= 15 is 0 Å². The molecule has 380 valence electrons. The summed E-state index contributed by atoms with van der Waals surface area (Å²) in [6.07, 6.45) is 0.771. The molecule has 0 saturated heterocycles. The van der Waals surface area contributed by atoms with Crippen LogP contribution in [0.1, 0.15) is 40.9 Å². The van der Waals surface area contributed by atoms with Crippen molar-refractivity contribution in [2.75, 3.05) is 19.5 Å². The van der Waals surface area contributed by atoms with Crippen LogP contribution in [0.2, 0.25) is 10.0 Å². The summed E-state index contributed by atoms with van der Waals surface area (Å²) >= 11 is 12.4. The summed E-state index contributed by atoms with van der Waals surface area (Å²) in [5.41, 5.74) is 1.37. The zero-order chi connectivity index (χ0) is 53.5. The van der Waals surface area contributed by atoms with Gasteiger partial charge in [-0.25, -0.2) is 0 Å². The summed E-state index contributed by atoms with van der Waals surface area (Å²) in [5.74, 6) is -1.71. The molecule has 0 bridgehead atoms. The van der Waals surface area contributed by atoms with Crippen LogP contribution in [0.25, 0.3) is 21.5 Å². The Hall–Kier alpha value is -6.72. The van der Waals surface area contributed by atoms with Crippen LogP contribution in [-0.2, 0) is 33.1 Å². The normalized spacial score (nSPS) is 11.9. The van der Waals surface area contributed by atoms with Crippen LogP contribution in [0, 0.1) is 0 Å². The average Bonchev–Trinajstić information content (AvgIpc) is 3.37. The van der Waals surface area contributed by atoms with Crippen LogP contribution in [-0.4, -0.2) is 94.8 Å². The van der Waals surface area contributed by atoms with Crippen LogP contribution in [0.5, 0.6) is 23.0 Å². The Morgan fingerprint density at radius 2 is 1.07 bits per heavy atom. The molecule has 0 aliphatic heterocycles. The first-order chi connectivity index (χ1) is 35.3. The summed E-state index contributed by atoms with van der Waals surface area (Å²) in [4.78, 5) is 16.3. The molecule has 23 heteroatoms. The molecule has 0 saturated carbocycles. The predicted molar refractivity (Wildman–Crippen MR) is 285 cm³/mol. The Kier molecular flexibility index (Phi) is 19.0. The van der Waals surface area contributed by atoms with Crippen LogP contribution in [0.3, 0.4) is 0 Å². The van der Waals surface area contributed by atoms with Gasteiger partial charge in [0.1, 0.15) is 22.9 Å². The maximum Gasteiger partial charge on any atom is 2.00 e. The topological polar surface area (TPSA) is 284 Å². The standard InChI is InChI=1S/2C26H22ClN3O6S.Ca/c2*1-3-17-20(27)13-16(37(33,34)35)14-22(17)29-30-24-18-9-5-4-8-15(18)12-19(25(24)31)26(32)28-21-10-6-7-11-23(21)36-2;/h2*4-14,31H,3H2,1-2H3,(H,28,32)(H,33,34,35);/q;;+2/p-2. The zero-order valence-electron chi connectivity index (χ0n) is 40.1. The molecule has 0 spiro atoms. The van der Waals surface area contributed by atoms with Crippen molar-refractivity contribution in [3.8, 4) is 23.0 Å². The summed E-state index contributed by atoms with van der Waals surface area (Å²) in [6, 6.07) is 34.7. The Labute approximate surface area is 470 Å². The van der Waals surface area contributed by atoms with E-state index in [-0.39, 0.29) is 87.3 Å². The number of benzene rings is 8. The van der Waals surface area contributed by atoms with E-state index in [9.17, 15) is 46.1 Å². The number of carbonyl (C=O) groups excluding carboxylic acids is 1. The third-order valence-corrected chi connectivity index (χ3v) is 13.6. The zero-order valence-corrected chi connectivity index (χ0v) is 45.5. The number of azo groups is 2. The largest absolute Gasteiger partial charge is 2.00 e.